The maximum absolute atomic E-state index is 11.1. The minimum Gasteiger partial charge on any atom is -0.478 e. The molecule has 0 aliphatic carbocycles. The second-order valence-electron chi connectivity index (χ2n) is 3.45. The highest BCUT2D eigenvalue weighted by atomic mass is 32.2. The highest BCUT2D eigenvalue weighted by molar-refractivity contribution is 7.98. The first-order valence-electron chi connectivity index (χ1n) is 5.20. The summed E-state index contributed by atoms with van der Waals surface area (Å²) in [5, 5.41) is 9.11. The lowest BCUT2D eigenvalue weighted by atomic mass is 10.2. The number of pyridine rings is 1. The van der Waals surface area contributed by atoms with Crippen LogP contribution in [0.1, 0.15) is 10.4 Å². The van der Waals surface area contributed by atoms with E-state index in [2.05, 4.69) is 4.98 Å². The molecule has 92 valence electrons. The number of ether oxygens (including phenoxy) is 1. The molecule has 0 saturated heterocycles. The summed E-state index contributed by atoms with van der Waals surface area (Å²) < 4.78 is 5.58. The molecular weight excluding hydrogens is 250 g/mol. The van der Waals surface area contributed by atoms with Crippen LogP contribution in [0.25, 0.3) is 0 Å². The Bertz CT molecular complexity index is 557. The Morgan fingerprint density at radius 2 is 2.00 bits per heavy atom. The standard InChI is InChI=1S/C13H11NO3S/c1-18-10-2-3-11(13(15)16)12(8-10)17-9-4-6-14-7-5-9/h2-8H,1H3,(H,15,16). The molecule has 0 radical (unpaired) electrons. The van der Waals surface area contributed by atoms with E-state index in [1.807, 2.05) is 6.26 Å². The third-order valence-corrected chi connectivity index (χ3v) is 3.02. The lowest BCUT2D eigenvalue weighted by Gasteiger charge is -2.09. The predicted molar refractivity (Wildman–Crippen MR) is 69.5 cm³/mol. The van der Waals surface area contributed by atoms with Gasteiger partial charge in [-0.3, -0.25) is 4.98 Å². The van der Waals surface area contributed by atoms with E-state index in [0.717, 1.165) is 4.90 Å². The van der Waals surface area contributed by atoms with Gasteiger partial charge in [-0.15, -0.1) is 11.8 Å². The van der Waals surface area contributed by atoms with Gasteiger partial charge in [0.1, 0.15) is 17.1 Å². The molecule has 0 amide bonds. The highest BCUT2D eigenvalue weighted by Crippen LogP contribution is 2.29. The number of carboxylic acids is 1. The van der Waals surface area contributed by atoms with Gasteiger partial charge in [0.15, 0.2) is 0 Å². The summed E-state index contributed by atoms with van der Waals surface area (Å²) in [5.41, 5.74) is 0.143. The van der Waals surface area contributed by atoms with Crippen LogP contribution in [0.2, 0.25) is 0 Å². The van der Waals surface area contributed by atoms with Crippen LogP contribution in [-0.4, -0.2) is 22.3 Å². The number of aromatic carboxylic acids is 1. The molecule has 1 N–H and O–H groups in total. The molecule has 4 nitrogen and oxygen atoms in total. The molecule has 0 atom stereocenters. The monoisotopic (exact) mass is 261 g/mol. The van der Waals surface area contributed by atoms with E-state index in [0.29, 0.717) is 11.5 Å². The Labute approximate surface area is 109 Å². The first-order valence-corrected chi connectivity index (χ1v) is 6.42. The van der Waals surface area contributed by atoms with E-state index in [1.54, 1.807) is 42.7 Å². The van der Waals surface area contributed by atoms with E-state index < -0.39 is 5.97 Å². The number of rotatable bonds is 4. The molecule has 0 fully saturated rings. The highest BCUT2D eigenvalue weighted by Gasteiger charge is 2.12. The fraction of sp³-hybridized carbons (Fsp3) is 0.0769. The number of hydrogen-bond acceptors (Lipinski definition) is 4. The van der Waals surface area contributed by atoms with Crippen molar-refractivity contribution in [1.82, 2.24) is 4.98 Å². The van der Waals surface area contributed by atoms with Gasteiger partial charge < -0.3 is 9.84 Å². The SMILES string of the molecule is CSc1ccc(C(=O)O)c(Oc2ccncc2)c1. The maximum atomic E-state index is 11.1. The van der Waals surface area contributed by atoms with Crippen molar-refractivity contribution < 1.29 is 14.6 Å². The molecule has 0 aliphatic heterocycles. The second kappa shape index (κ2) is 5.55. The average Bonchev–Trinajstić information content (AvgIpc) is 2.39. The van der Waals surface area contributed by atoms with Crippen LogP contribution in [0.3, 0.4) is 0 Å². The Balaban J connectivity index is 2.38. The van der Waals surface area contributed by atoms with Crippen LogP contribution in [-0.2, 0) is 0 Å². The molecule has 0 bridgehead atoms. The Morgan fingerprint density at radius 3 is 2.61 bits per heavy atom. The van der Waals surface area contributed by atoms with Crippen molar-refractivity contribution >= 4 is 17.7 Å². The smallest absolute Gasteiger partial charge is 0.339 e. The topological polar surface area (TPSA) is 59.4 Å². The van der Waals surface area contributed by atoms with E-state index in [-0.39, 0.29) is 5.56 Å². The van der Waals surface area contributed by atoms with Crippen molar-refractivity contribution in [2.45, 2.75) is 4.90 Å². The predicted octanol–water partition coefficient (Wildman–Crippen LogP) is 3.29. The van der Waals surface area contributed by atoms with Gasteiger partial charge in [0.25, 0.3) is 0 Å². The third kappa shape index (κ3) is 2.81. The van der Waals surface area contributed by atoms with Crippen molar-refractivity contribution in [2.24, 2.45) is 0 Å². The Morgan fingerprint density at radius 1 is 1.28 bits per heavy atom. The van der Waals surface area contributed by atoms with Gasteiger partial charge in [0.05, 0.1) is 0 Å². The lowest BCUT2D eigenvalue weighted by molar-refractivity contribution is 0.0694. The van der Waals surface area contributed by atoms with Gasteiger partial charge in [-0.1, -0.05) is 0 Å². The molecule has 1 heterocycles. The maximum Gasteiger partial charge on any atom is 0.339 e. The fourth-order valence-electron chi connectivity index (χ4n) is 1.42. The van der Waals surface area contributed by atoms with Gasteiger partial charge in [-0.2, -0.15) is 0 Å². The minimum atomic E-state index is -1.01. The van der Waals surface area contributed by atoms with Gasteiger partial charge in [0.2, 0.25) is 0 Å². The summed E-state index contributed by atoms with van der Waals surface area (Å²) in [6, 6.07) is 8.38. The molecule has 5 heteroatoms. The molecule has 0 spiro atoms. The third-order valence-electron chi connectivity index (χ3n) is 2.30. The largest absolute Gasteiger partial charge is 0.478 e. The van der Waals surface area contributed by atoms with E-state index >= 15 is 0 Å². The van der Waals surface area contributed by atoms with Crippen LogP contribution >= 0.6 is 11.8 Å². The number of benzene rings is 1. The van der Waals surface area contributed by atoms with E-state index in [9.17, 15) is 4.79 Å². The number of nitrogens with zero attached hydrogens (tertiary/aromatic N) is 1. The van der Waals surface area contributed by atoms with E-state index in [1.165, 1.54) is 11.8 Å². The minimum absolute atomic E-state index is 0.143. The summed E-state index contributed by atoms with van der Waals surface area (Å²) >= 11 is 1.53. The number of thioether (sulfide) groups is 1. The molecule has 1 aromatic heterocycles. The molecule has 0 aliphatic rings. The van der Waals surface area contributed by atoms with Crippen molar-refractivity contribution in [2.75, 3.05) is 6.26 Å². The van der Waals surface area contributed by atoms with Crippen molar-refractivity contribution in [3.8, 4) is 11.5 Å². The van der Waals surface area contributed by atoms with Crippen LogP contribution in [0, 0.1) is 0 Å². The second-order valence-corrected chi connectivity index (χ2v) is 4.33. The molecule has 0 unspecified atom stereocenters. The molecular formula is C13H11NO3S. The van der Waals surface area contributed by atoms with Crippen LogP contribution in [0.5, 0.6) is 11.5 Å². The van der Waals surface area contributed by atoms with Crippen LogP contribution in [0.15, 0.2) is 47.6 Å². The Hall–Kier alpha value is -2.01. The van der Waals surface area contributed by atoms with Gasteiger partial charge in [-0.25, -0.2) is 4.79 Å². The molecule has 0 saturated carbocycles. The van der Waals surface area contributed by atoms with Gasteiger partial charge in [-0.05, 0) is 36.6 Å². The van der Waals surface area contributed by atoms with Crippen molar-refractivity contribution in [3.05, 3.63) is 48.3 Å². The summed E-state index contributed by atoms with van der Waals surface area (Å²) in [7, 11) is 0. The summed E-state index contributed by atoms with van der Waals surface area (Å²) in [5.74, 6) is -0.113. The average molecular weight is 261 g/mol. The first-order chi connectivity index (χ1) is 8.70. The fourth-order valence-corrected chi connectivity index (χ4v) is 1.85. The van der Waals surface area contributed by atoms with E-state index in [4.69, 9.17) is 9.84 Å². The normalized spacial score (nSPS) is 10.1. The number of aromatic nitrogens is 1. The number of hydrogen-bond donors (Lipinski definition) is 1. The van der Waals surface area contributed by atoms with Gasteiger partial charge >= 0.3 is 5.97 Å². The van der Waals surface area contributed by atoms with Crippen LogP contribution < -0.4 is 4.74 Å². The molecule has 18 heavy (non-hydrogen) atoms. The Kier molecular flexibility index (Phi) is 3.84. The quantitative estimate of drug-likeness (QED) is 0.856. The van der Waals surface area contributed by atoms with Crippen LogP contribution in [0.4, 0.5) is 0 Å². The number of carboxylic acid groups (broad SMARTS) is 1. The summed E-state index contributed by atoms with van der Waals surface area (Å²) in [6.45, 7) is 0. The first kappa shape index (κ1) is 12.4. The molecule has 2 aromatic rings. The van der Waals surface area contributed by atoms with Gasteiger partial charge in [0, 0.05) is 17.3 Å². The molecule has 2 rings (SSSR count). The lowest BCUT2D eigenvalue weighted by Crippen LogP contribution is -2.00. The summed E-state index contributed by atoms with van der Waals surface area (Å²) in [4.78, 5) is 15.9. The summed E-state index contributed by atoms with van der Waals surface area (Å²) in [6.07, 6.45) is 5.11. The van der Waals surface area contributed by atoms with Crippen molar-refractivity contribution in [3.63, 3.8) is 0 Å². The van der Waals surface area contributed by atoms with Crippen molar-refractivity contribution in [1.29, 1.82) is 0 Å². The zero-order valence-electron chi connectivity index (χ0n) is 9.66. The number of carbonyl (C=O) groups is 1. The zero-order chi connectivity index (χ0) is 13.0. The molecule has 1 aromatic carbocycles. The zero-order valence-corrected chi connectivity index (χ0v) is 10.5.